The molecule has 0 aliphatic heterocycles. The monoisotopic (exact) mass is 338 g/mol. The normalized spacial score (nSPS) is 10.7. The first-order valence-electron chi connectivity index (χ1n) is 7.42. The standard InChI is InChI=1S/C19H15ClN2O2/c1-11-6-4-5-7-13(11)17-14-8-12(2)15(20)9-16(14)22(3)19(24)18(17)21-10-23/h4-9H,1-3H3. The number of fused-ring (bicyclic) bond motifs is 1. The zero-order valence-electron chi connectivity index (χ0n) is 13.6. The number of aryl methyl sites for hydroxylation is 3. The number of halogens is 1. The minimum Gasteiger partial charge on any atom is -0.309 e. The number of carbonyl (C=O) groups excluding carboxylic acids is 1. The molecule has 0 aliphatic carbocycles. The molecule has 0 aliphatic rings. The van der Waals surface area contributed by atoms with Crippen molar-refractivity contribution in [3.8, 4) is 11.1 Å². The van der Waals surface area contributed by atoms with Crippen molar-refractivity contribution in [3.63, 3.8) is 0 Å². The van der Waals surface area contributed by atoms with E-state index in [2.05, 4.69) is 4.99 Å². The summed E-state index contributed by atoms with van der Waals surface area (Å²) in [5.74, 6) is 0. The molecule has 0 atom stereocenters. The van der Waals surface area contributed by atoms with Crippen LogP contribution in [0.15, 0.2) is 46.2 Å². The third-order valence-electron chi connectivity index (χ3n) is 4.22. The van der Waals surface area contributed by atoms with Crippen molar-refractivity contribution in [2.24, 2.45) is 12.0 Å². The molecule has 120 valence electrons. The third kappa shape index (κ3) is 2.46. The van der Waals surface area contributed by atoms with Gasteiger partial charge in [0.25, 0.3) is 5.56 Å². The Morgan fingerprint density at radius 3 is 2.50 bits per heavy atom. The Kier molecular flexibility index (Phi) is 4.10. The molecule has 24 heavy (non-hydrogen) atoms. The van der Waals surface area contributed by atoms with E-state index in [1.165, 1.54) is 10.6 Å². The second-order valence-corrected chi connectivity index (χ2v) is 6.13. The number of hydrogen-bond acceptors (Lipinski definition) is 3. The largest absolute Gasteiger partial charge is 0.309 e. The predicted octanol–water partition coefficient (Wildman–Crippen LogP) is 4.44. The van der Waals surface area contributed by atoms with E-state index in [1.54, 1.807) is 13.1 Å². The summed E-state index contributed by atoms with van der Waals surface area (Å²) in [6, 6.07) is 11.4. The average Bonchev–Trinajstić information content (AvgIpc) is 2.56. The number of isocyanates is 1. The third-order valence-corrected chi connectivity index (χ3v) is 4.63. The molecule has 1 heterocycles. The molecular weight excluding hydrogens is 324 g/mol. The summed E-state index contributed by atoms with van der Waals surface area (Å²) in [7, 11) is 1.64. The predicted molar refractivity (Wildman–Crippen MR) is 96.9 cm³/mol. The Morgan fingerprint density at radius 1 is 1.12 bits per heavy atom. The van der Waals surface area contributed by atoms with Gasteiger partial charge >= 0.3 is 0 Å². The fourth-order valence-corrected chi connectivity index (χ4v) is 3.08. The first-order valence-corrected chi connectivity index (χ1v) is 7.80. The average molecular weight is 339 g/mol. The summed E-state index contributed by atoms with van der Waals surface area (Å²) in [6.45, 7) is 3.85. The number of aliphatic imine (C=N–C) groups is 1. The van der Waals surface area contributed by atoms with Crippen molar-refractivity contribution in [1.29, 1.82) is 0 Å². The minimum absolute atomic E-state index is 0.0935. The lowest BCUT2D eigenvalue weighted by molar-refractivity contribution is 0.565. The van der Waals surface area contributed by atoms with Crippen LogP contribution in [0.5, 0.6) is 0 Å². The van der Waals surface area contributed by atoms with E-state index in [1.807, 2.05) is 44.2 Å². The Labute approximate surface area is 144 Å². The molecular formula is C19H15ClN2O2. The van der Waals surface area contributed by atoms with Crippen molar-refractivity contribution in [2.45, 2.75) is 13.8 Å². The van der Waals surface area contributed by atoms with Gasteiger partial charge in [0.05, 0.1) is 5.52 Å². The van der Waals surface area contributed by atoms with Gasteiger partial charge in [-0.15, -0.1) is 0 Å². The van der Waals surface area contributed by atoms with Crippen LogP contribution in [0.25, 0.3) is 22.0 Å². The summed E-state index contributed by atoms with van der Waals surface area (Å²) in [4.78, 5) is 27.3. The highest BCUT2D eigenvalue weighted by Gasteiger charge is 2.18. The van der Waals surface area contributed by atoms with Crippen LogP contribution in [-0.4, -0.2) is 10.6 Å². The lowest BCUT2D eigenvalue weighted by Crippen LogP contribution is -2.18. The molecule has 1 aromatic heterocycles. The number of hydrogen-bond donors (Lipinski definition) is 0. The molecule has 3 rings (SSSR count). The molecule has 0 spiro atoms. The van der Waals surface area contributed by atoms with Crippen LogP contribution >= 0.6 is 11.6 Å². The van der Waals surface area contributed by atoms with E-state index in [9.17, 15) is 9.59 Å². The van der Waals surface area contributed by atoms with Gasteiger partial charge in [0.2, 0.25) is 6.08 Å². The van der Waals surface area contributed by atoms with E-state index in [4.69, 9.17) is 11.6 Å². The fraction of sp³-hybridized carbons (Fsp3) is 0.158. The highest BCUT2D eigenvalue weighted by Crippen LogP contribution is 2.37. The van der Waals surface area contributed by atoms with Crippen LogP contribution in [0.1, 0.15) is 11.1 Å². The van der Waals surface area contributed by atoms with Gasteiger partial charge in [0, 0.05) is 23.0 Å². The Balaban J connectivity index is 2.63. The number of benzene rings is 2. The Hall–Kier alpha value is -2.68. The van der Waals surface area contributed by atoms with Gasteiger partial charge in [-0.3, -0.25) is 4.79 Å². The SMILES string of the molecule is Cc1cc2c(-c3ccccc3C)c(N=C=O)c(=O)n(C)c2cc1Cl. The number of pyridine rings is 1. The molecule has 5 heteroatoms. The maximum Gasteiger partial charge on any atom is 0.278 e. The van der Waals surface area contributed by atoms with Crippen LogP contribution < -0.4 is 5.56 Å². The van der Waals surface area contributed by atoms with E-state index >= 15 is 0 Å². The van der Waals surface area contributed by atoms with Gasteiger partial charge in [-0.05, 0) is 42.7 Å². The number of nitrogens with zero attached hydrogens (tertiary/aromatic N) is 2. The molecule has 0 saturated carbocycles. The lowest BCUT2D eigenvalue weighted by atomic mass is 9.95. The zero-order valence-corrected chi connectivity index (χ0v) is 14.3. The topological polar surface area (TPSA) is 51.4 Å². The van der Waals surface area contributed by atoms with Crippen molar-refractivity contribution in [3.05, 3.63) is 62.9 Å². The number of rotatable bonds is 2. The van der Waals surface area contributed by atoms with Gasteiger partial charge in [0.1, 0.15) is 5.69 Å². The van der Waals surface area contributed by atoms with E-state index in [0.717, 1.165) is 22.1 Å². The van der Waals surface area contributed by atoms with Crippen LogP contribution in [0.4, 0.5) is 5.69 Å². The Bertz CT molecular complexity index is 1080. The summed E-state index contributed by atoms with van der Waals surface area (Å²) in [6.07, 6.45) is 1.51. The smallest absolute Gasteiger partial charge is 0.278 e. The maximum absolute atomic E-state index is 12.7. The highest BCUT2D eigenvalue weighted by atomic mass is 35.5. The van der Waals surface area contributed by atoms with Crippen molar-refractivity contribution in [2.75, 3.05) is 0 Å². The molecule has 0 saturated heterocycles. The first-order chi connectivity index (χ1) is 11.5. The van der Waals surface area contributed by atoms with Crippen LogP contribution in [0.2, 0.25) is 5.02 Å². The van der Waals surface area contributed by atoms with E-state index in [0.29, 0.717) is 16.1 Å². The molecule has 0 unspecified atom stereocenters. The zero-order chi connectivity index (χ0) is 17.4. The van der Waals surface area contributed by atoms with E-state index in [-0.39, 0.29) is 11.2 Å². The molecule has 4 nitrogen and oxygen atoms in total. The van der Waals surface area contributed by atoms with Crippen LogP contribution in [0.3, 0.4) is 0 Å². The molecule has 0 radical (unpaired) electrons. The molecule has 0 amide bonds. The number of aromatic nitrogens is 1. The van der Waals surface area contributed by atoms with Gasteiger partial charge < -0.3 is 4.57 Å². The lowest BCUT2D eigenvalue weighted by Gasteiger charge is -2.16. The Morgan fingerprint density at radius 2 is 1.83 bits per heavy atom. The van der Waals surface area contributed by atoms with Crippen LogP contribution in [0, 0.1) is 13.8 Å². The second-order valence-electron chi connectivity index (χ2n) is 5.72. The summed E-state index contributed by atoms with van der Waals surface area (Å²) < 4.78 is 1.46. The quantitative estimate of drug-likeness (QED) is 0.512. The second kappa shape index (κ2) is 6.08. The van der Waals surface area contributed by atoms with Crippen molar-refractivity contribution in [1.82, 2.24) is 4.57 Å². The molecule has 0 fully saturated rings. The molecule has 0 bridgehead atoms. The van der Waals surface area contributed by atoms with Gasteiger partial charge in [0.15, 0.2) is 0 Å². The minimum atomic E-state index is -0.357. The van der Waals surface area contributed by atoms with Gasteiger partial charge in [-0.2, -0.15) is 4.99 Å². The molecule has 3 aromatic rings. The highest BCUT2D eigenvalue weighted by molar-refractivity contribution is 6.32. The first kappa shape index (κ1) is 16.2. The summed E-state index contributed by atoms with van der Waals surface area (Å²) in [5.41, 5.74) is 3.80. The van der Waals surface area contributed by atoms with Crippen molar-refractivity contribution >= 4 is 34.3 Å². The van der Waals surface area contributed by atoms with Crippen molar-refractivity contribution < 1.29 is 4.79 Å². The summed E-state index contributed by atoms with van der Waals surface area (Å²) in [5, 5.41) is 1.40. The van der Waals surface area contributed by atoms with Crippen LogP contribution in [-0.2, 0) is 11.8 Å². The fourth-order valence-electron chi connectivity index (χ4n) is 2.93. The molecule has 2 aromatic carbocycles. The van der Waals surface area contributed by atoms with E-state index < -0.39 is 0 Å². The molecule has 0 N–H and O–H groups in total. The maximum atomic E-state index is 12.7. The van der Waals surface area contributed by atoms with Gasteiger partial charge in [-0.1, -0.05) is 35.9 Å². The van der Waals surface area contributed by atoms with Gasteiger partial charge in [-0.25, -0.2) is 4.79 Å². The summed E-state index contributed by atoms with van der Waals surface area (Å²) >= 11 is 6.24.